The summed E-state index contributed by atoms with van der Waals surface area (Å²) in [6.45, 7) is 0.752. The van der Waals surface area contributed by atoms with Crippen LogP contribution in [0.15, 0.2) is 48.5 Å². The normalized spacial score (nSPS) is 18.0. The van der Waals surface area contributed by atoms with Crippen LogP contribution < -0.4 is 9.64 Å². The molecule has 0 saturated carbocycles. The first kappa shape index (κ1) is 13.6. The molecule has 4 nitrogen and oxygen atoms in total. The van der Waals surface area contributed by atoms with Crippen molar-refractivity contribution in [1.29, 1.82) is 0 Å². The van der Waals surface area contributed by atoms with Gasteiger partial charge in [-0.2, -0.15) is 0 Å². The molecule has 1 amide bonds. The van der Waals surface area contributed by atoms with Gasteiger partial charge < -0.3 is 9.64 Å². The average molecular weight is 282 g/mol. The van der Waals surface area contributed by atoms with E-state index in [4.69, 9.17) is 4.74 Å². The maximum atomic E-state index is 12.2. The third-order valence-corrected chi connectivity index (χ3v) is 3.76. The van der Waals surface area contributed by atoms with Crippen LogP contribution in [0.3, 0.4) is 0 Å². The molecule has 0 radical (unpaired) electrons. The van der Waals surface area contributed by atoms with E-state index in [1.807, 2.05) is 53.4 Å². The number of para-hydroxylation sites is 1. The lowest BCUT2D eigenvalue weighted by Crippen LogP contribution is -2.24. The van der Waals surface area contributed by atoms with Gasteiger partial charge in [0.2, 0.25) is 11.8 Å². The van der Waals surface area contributed by atoms with Gasteiger partial charge in [0.05, 0.1) is 7.11 Å². The first-order valence-electron chi connectivity index (χ1n) is 7.11. The number of methoxy groups -OCH3 is 1. The Morgan fingerprint density at radius 1 is 1.19 bits per heavy atom. The fourth-order valence-corrected chi connectivity index (χ4v) is 2.76. The van der Waals surface area contributed by atoms with Crippen LogP contribution in [0.1, 0.15) is 12.1 Å². The second kappa shape index (κ2) is 5.95. The van der Waals surface area contributed by atoms with Crippen molar-refractivity contribution in [2.75, 3.05) is 18.6 Å². The minimum Gasteiger partial charge on any atom is -0.481 e. The third kappa shape index (κ3) is 3.05. The Labute approximate surface area is 124 Å². The van der Waals surface area contributed by atoms with E-state index in [1.54, 1.807) is 7.11 Å². The summed E-state index contributed by atoms with van der Waals surface area (Å²) >= 11 is 0. The molecule has 1 aliphatic rings. The standard InChI is InChI=1S/C17H18N2O2/c1-21-16-9-5-6-14(18-16)10-13-11-17(20)19(12-13)15-7-3-2-4-8-15/h2-9,13H,10-12H2,1H3. The van der Waals surface area contributed by atoms with E-state index < -0.39 is 0 Å². The number of anilines is 1. The Balaban J connectivity index is 1.70. The summed E-state index contributed by atoms with van der Waals surface area (Å²) in [7, 11) is 1.61. The summed E-state index contributed by atoms with van der Waals surface area (Å²) in [5, 5.41) is 0. The van der Waals surface area contributed by atoms with Crippen molar-refractivity contribution in [3.63, 3.8) is 0 Å². The number of hydrogen-bond donors (Lipinski definition) is 0. The van der Waals surface area contributed by atoms with Gasteiger partial charge in [0.15, 0.2) is 0 Å². The molecule has 21 heavy (non-hydrogen) atoms. The highest BCUT2D eigenvalue weighted by molar-refractivity contribution is 5.95. The molecule has 3 rings (SSSR count). The molecule has 108 valence electrons. The predicted octanol–water partition coefficient (Wildman–Crippen LogP) is 2.69. The van der Waals surface area contributed by atoms with E-state index in [2.05, 4.69) is 4.98 Å². The van der Waals surface area contributed by atoms with Gasteiger partial charge in [0.25, 0.3) is 0 Å². The lowest BCUT2D eigenvalue weighted by atomic mass is 10.0. The Bertz CT molecular complexity index is 628. The van der Waals surface area contributed by atoms with Crippen molar-refractivity contribution in [3.05, 3.63) is 54.2 Å². The van der Waals surface area contributed by atoms with Crippen LogP contribution in [0.5, 0.6) is 5.88 Å². The molecule has 1 unspecified atom stereocenters. The highest BCUT2D eigenvalue weighted by Crippen LogP contribution is 2.27. The van der Waals surface area contributed by atoms with Crippen LogP contribution in [-0.2, 0) is 11.2 Å². The molecule has 0 N–H and O–H groups in total. The SMILES string of the molecule is COc1cccc(CC2CC(=O)N(c3ccccc3)C2)n1. The van der Waals surface area contributed by atoms with Gasteiger partial charge in [0.1, 0.15) is 0 Å². The van der Waals surface area contributed by atoms with Gasteiger partial charge in [0, 0.05) is 30.4 Å². The lowest BCUT2D eigenvalue weighted by Gasteiger charge is -2.16. The number of pyridine rings is 1. The fraction of sp³-hybridized carbons (Fsp3) is 0.294. The topological polar surface area (TPSA) is 42.4 Å². The second-order valence-corrected chi connectivity index (χ2v) is 5.29. The summed E-state index contributed by atoms with van der Waals surface area (Å²) in [6, 6.07) is 15.6. The van der Waals surface area contributed by atoms with Crippen LogP contribution >= 0.6 is 0 Å². The summed E-state index contributed by atoms with van der Waals surface area (Å²) in [6.07, 6.45) is 1.38. The van der Waals surface area contributed by atoms with E-state index in [0.717, 1.165) is 24.3 Å². The van der Waals surface area contributed by atoms with Crippen LogP contribution in [-0.4, -0.2) is 24.5 Å². The maximum absolute atomic E-state index is 12.2. The summed E-state index contributed by atoms with van der Waals surface area (Å²) < 4.78 is 5.14. The van der Waals surface area contributed by atoms with Crippen LogP contribution in [0, 0.1) is 5.92 Å². The van der Waals surface area contributed by atoms with Crippen molar-refractivity contribution in [3.8, 4) is 5.88 Å². The van der Waals surface area contributed by atoms with Crippen molar-refractivity contribution in [2.45, 2.75) is 12.8 Å². The largest absolute Gasteiger partial charge is 0.481 e. The minimum absolute atomic E-state index is 0.189. The Morgan fingerprint density at radius 3 is 2.76 bits per heavy atom. The molecule has 0 spiro atoms. The molecule has 1 aromatic carbocycles. The van der Waals surface area contributed by atoms with Crippen molar-refractivity contribution in [2.24, 2.45) is 5.92 Å². The second-order valence-electron chi connectivity index (χ2n) is 5.29. The molecule has 1 aromatic heterocycles. The quantitative estimate of drug-likeness (QED) is 0.866. The highest BCUT2D eigenvalue weighted by Gasteiger charge is 2.30. The number of carbonyl (C=O) groups excluding carboxylic acids is 1. The minimum atomic E-state index is 0.189. The number of amides is 1. The molecule has 0 aliphatic carbocycles. The molecule has 2 aromatic rings. The number of nitrogens with zero attached hydrogens (tertiary/aromatic N) is 2. The van der Waals surface area contributed by atoms with E-state index >= 15 is 0 Å². The summed E-state index contributed by atoms with van der Waals surface area (Å²) in [4.78, 5) is 18.5. The van der Waals surface area contributed by atoms with Crippen molar-refractivity contribution < 1.29 is 9.53 Å². The number of benzene rings is 1. The van der Waals surface area contributed by atoms with Gasteiger partial charge in [-0.25, -0.2) is 4.98 Å². The van der Waals surface area contributed by atoms with Gasteiger partial charge in [-0.05, 0) is 30.5 Å². The molecular weight excluding hydrogens is 264 g/mol. The van der Waals surface area contributed by atoms with E-state index in [-0.39, 0.29) is 5.91 Å². The maximum Gasteiger partial charge on any atom is 0.227 e. The molecule has 1 saturated heterocycles. The van der Waals surface area contributed by atoms with Gasteiger partial charge in [-0.3, -0.25) is 4.79 Å². The van der Waals surface area contributed by atoms with E-state index in [1.165, 1.54) is 0 Å². The smallest absolute Gasteiger partial charge is 0.227 e. The van der Waals surface area contributed by atoms with Crippen molar-refractivity contribution >= 4 is 11.6 Å². The van der Waals surface area contributed by atoms with Crippen LogP contribution in [0.2, 0.25) is 0 Å². The highest BCUT2D eigenvalue weighted by atomic mass is 16.5. The molecular formula is C17H18N2O2. The van der Waals surface area contributed by atoms with Crippen LogP contribution in [0.25, 0.3) is 0 Å². The third-order valence-electron chi connectivity index (χ3n) is 3.76. The zero-order valence-corrected chi connectivity index (χ0v) is 12.0. The molecule has 1 fully saturated rings. The number of aromatic nitrogens is 1. The first-order chi connectivity index (χ1) is 10.3. The molecule has 2 heterocycles. The molecule has 0 bridgehead atoms. The fourth-order valence-electron chi connectivity index (χ4n) is 2.76. The number of carbonyl (C=O) groups is 1. The van der Waals surface area contributed by atoms with Gasteiger partial charge >= 0.3 is 0 Å². The monoisotopic (exact) mass is 282 g/mol. The van der Waals surface area contributed by atoms with Crippen molar-refractivity contribution in [1.82, 2.24) is 4.98 Å². The molecule has 1 aliphatic heterocycles. The zero-order chi connectivity index (χ0) is 14.7. The Kier molecular flexibility index (Phi) is 3.86. The van der Waals surface area contributed by atoms with E-state index in [0.29, 0.717) is 18.2 Å². The lowest BCUT2D eigenvalue weighted by molar-refractivity contribution is -0.117. The van der Waals surface area contributed by atoms with Crippen LogP contribution in [0.4, 0.5) is 5.69 Å². The Morgan fingerprint density at radius 2 is 2.00 bits per heavy atom. The Hall–Kier alpha value is -2.36. The number of ether oxygens (including phenoxy) is 1. The van der Waals surface area contributed by atoms with Gasteiger partial charge in [-0.15, -0.1) is 0 Å². The predicted molar refractivity (Wildman–Crippen MR) is 81.4 cm³/mol. The average Bonchev–Trinajstić information content (AvgIpc) is 2.89. The first-order valence-corrected chi connectivity index (χ1v) is 7.11. The summed E-state index contributed by atoms with van der Waals surface area (Å²) in [5.74, 6) is 1.11. The zero-order valence-electron chi connectivity index (χ0n) is 12.0. The van der Waals surface area contributed by atoms with E-state index in [9.17, 15) is 4.79 Å². The molecule has 1 atom stereocenters. The van der Waals surface area contributed by atoms with Gasteiger partial charge in [-0.1, -0.05) is 24.3 Å². The number of hydrogen-bond acceptors (Lipinski definition) is 3. The summed E-state index contributed by atoms with van der Waals surface area (Å²) in [5.41, 5.74) is 1.95. The molecule has 4 heteroatoms. The number of rotatable bonds is 4.